The van der Waals surface area contributed by atoms with E-state index < -0.39 is 0 Å². The van der Waals surface area contributed by atoms with Crippen LogP contribution >= 0.6 is 0 Å². The molecule has 0 bridgehead atoms. The molecule has 0 saturated heterocycles. The van der Waals surface area contributed by atoms with Gasteiger partial charge in [0.1, 0.15) is 0 Å². The van der Waals surface area contributed by atoms with Gasteiger partial charge in [0.25, 0.3) is 0 Å². The van der Waals surface area contributed by atoms with E-state index in [1.165, 1.54) is 12.7 Å². The molecule has 106 valence electrons. The first-order valence-corrected chi connectivity index (χ1v) is 6.94. The quantitative estimate of drug-likeness (QED) is 0.708. The van der Waals surface area contributed by atoms with Gasteiger partial charge < -0.3 is 4.74 Å². The van der Waals surface area contributed by atoms with Crippen LogP contribution < -0.4 is 0 Å². The highest BCUT2D eigenvalue weighted by atomic mass is 16.5. The van der Waals surface area contributed by atoms with Gasteiger partial charge in [-0.05, 0) is 25.5 Å². The number of nitrogens with zero attached hydrogens (tertiary/aromatic N) is 1. The predicted molar refractivity (Wildman–Crippen MR) is 77.8 cm³/mol. The molecule has 0 N–H and O–H groups in total. The number of hydrogen-bond acceptors (Lipinski definition) is 3. The number of carbonyl (C=O) groups excluding carboxylic acids is 1. The fourth-order valence-corrected chi connectivity index (χ4v) is 2.36. The summed E-state index contributed by atoms with van der Waals surface area (Å²) in [5, 5.41) is 0. The molecule has 1 rings (SSSR count). The van der Waals surface area contributed by atoms with Crippen molar-refractivity contribution in [2.75, 3.05) is 13.7 Å². The van der Waals surface area contributed by atoms with E-state index in [2.05, 4.69) is 43.0 Å². The van der Waals surface area contributed by atoms with Crippen LogP contribution in [0.5, 0.6) is 0 Å². The zero-order chi connectivity index (χ0) is 14.3. The maximum absolute atomic E-state index is 11.5. The van der Waals surface area contributed by atoms with E-state index in [9.17, 15) is 4.79 Å². The minimum Gasteiger partial charge on any atom is -0.469 e. The molecule has 1 aromatic rings. The highest BCUT2D eigenvalue weighted by Crippen LogP contribution is 2.15. The molecule has 1 aromatic carbocycles. The number of esters is 1. The summed E-state index contributed by atoms with van der Waals surface area (Å²) < 4.78 is 4.79. The molecule has 0 fully saturated rings. The Morgan fingerprint density at radius 3 is 2.42 bits per heavy atom. The first kappa shape index (κ1) is 15.7. The molecule has 0 saturated carbocycles. The number of rotatable bonds is 7. The third-order valence-electron chi connectivity index (χ3n) is 3.56. The normalized spacial score (nSPS) is 14.2. The van der Waals surface area contributed by atoms with Crippen LogP contribution in [0.1, 0.15) is 32.8 Å². The summed E-state index contributed by atoms with van der Waals surface area (Å²) in [5.41, 5.74) is 1.31. The summed E-state index contributed by atoms with van der Waals surface area (Å²) >= 11 is 0. The van der Waals surface area contributed by atoms with Crippen molar-refractivity contribution in [3.05, 3.63) is 35.9 Å². The number of methoxy groups -OCH3 is 1. The smallest absolute Gasteiger partial charge is 0.308 e. The van der Waals surface area contributed by atoms with E-state index in [-0.39, 0.29) is 11.9 Å². The Bertz CT molecular complexity index is 378. The van der Waals surface area contributed by atoms with Crippen LogP contribution in [0.3, 0.4) is 0 Å². The second-order valence-corrected chi connectivity index (χ2v) is 5.06. The predicted octanol–water partition coefficient (Wildman–Crippen LogP) is 3.10. The average Bonchev–Trinajstić information content (AvgIpc) is 2.44. The zero-order valence-electron chi connectivity index (χ0n) is 12.4. The van der Waals surface area contributed by atoms with E-state index in [4.69, 9.17) is 4.74 Å². The van der Waals surface area contributed by atoms with E-state index in [0.717, 1.165) is 19.5 Å². The Balaban J connectivity index is 2.57. The molecule has 0 spiro atoms. The van der Waals surface area contributed by atoms with E-state index in [1.54, 1.807) is 0 Å². The van der Waals surface area contributed by atoms with Crippen molar-refractivity contribution in [3.63, 3.8) is 0 Å². The third-order valence-corrected chi connectivity index (χ3v) is 3.56. The van der Waals surface area contributed by atoms with Crippen LogP contribution in [0.2, 0.25) is 0 Å². The molecule has 2 unspecified atom stereocenters. The van der Waals surface area contributed by atoms with Crippen LogP contribution in [-0.2, 0) is 16.1 Å². The summed E-state index contributed by atoms with van der Waals surface area (Å²) in [6, 6.07) is 10.8. The summed E-state index contributed by atoms with van der Waals surface area (Å²) in [4.78, 5) is 13.9. The monoisotopic (exact) mass is 263 g/mol. The molecule has 0 radical (unpaired) electrons. The molecule has 19 heavy (non-hydrogen) atoms. The number of hydrogen-bond donors (Lipinski definition) is 0. The summed E-state index contributed by atoms with van der Waals surface area (Å²) in [5.74, 6) is -0.174. The summed E-state index contributed by atoms with van der Waals surface area (Å²) in [6.07, 6.45) is 0.827. The highest BCUT2D eigenvalue weighted by Gasteiger charge is 2.20. The average molecular weight is 263 g/mol. The van der Waals surface area contributed by atoms with Crippen molar-refractivity contribution in [1.82, 2.24) is 4.90 Å². The van der Waals surface area contributed by atoms with Gasteiger partial charge in [0, 0.05) is 12.6 Å². The number of carbonyl (C=O) groups is 1. The van der Waals surface area contributed by atoms with Crippen LogP contribution in [-0.4, -0.2) is 30.6 Å². The lowest BCUT2D eigenvalue weighted by Gasteiger charge is -2.29. The lowest BCUT2D eigenvalue weighted by atomic mass is 10.0. The van der Waals surface area contributed by atoms with Gasteiger partial charge in [0.05, 0.1) is 13.0 Å². The molecule has 0 aliphatic heterocycles. The molecule has 0 heterocycles. The summed E-state index contributed by atoms with van der Waals surface area (Å²) in [7, 11) is 1.45. The Morgan fingerprint density at radius 2 is 1.89 bits per heavy atom. The minimum absolute atomic E-state index is 0.0511. The molecule has 2 atom stereocenters. The molecular weight excluding hydrogens is 238 g/mol. The first-order chi connectivity index (χ1) is 9.08. The maximum Gasteiger partial charge on any atom is 0.308 e. The summed E-state index contributed by atoms with van der Waals surface area (Å²) in [6.45, 7) is 8.16. The van der Waals surface area contributed by atoms with E-state index >= 15 is 0 Å². The minimum atomic E-state index is -0.123. The van der Waals surface area contributed by atoms with Crippen molar-refractivity contribution in [1.29, 1.82) is 0 Å². The van der Waals surface area contributed by atoms with Gasteiger partial charge in [-0.25, -0.2) is 0 Å². The Kier molecular flexibility index (Phi) is 6.57. The lowest BCUT2D eigenvalue weighted by Crippen LogP contribution is -2.35. The van der Waals surface area contributed by atoms with Crippen LogP contribution in [0, 0.1) is 5.92 Å². The molecule has 3 heteroatoms. The SMILES string of the molecule is CCN(Cc1ccccc1)C(C)CC(C)C(=O)OC. The first-order valence-electron chi connectivity index (χ1n) is 6.94. The van der Waals surface area contributed by atoms with Crippen molar-refractivity contribution >= 4 is 5.97 Å². The molecule has 0 aromatic heterocycles. The Morgan fingerprint density at radius 1 is 1.26 bits per heavy atom. The third kappa shape index (κ3) is 5.03. The molecule has 0 aliphatic rings. The van der Waals surface area contributed by atoms with Crippen molar-refractivity contribution < 1.29 is 9.53 Å². The van der Waals surface area contributed by atoms with E-state index in [1.807, 2.05) is 13.0 Å². The van der Waals surface area contributed by atoms with Crippen LogP contribution in [0.4, 0.5) is 0 Å². The van der Waals surface area contributed by atoms with Gasteiger partial charge in [-0.2, -0.15) is 0 Å². The second kappa shape index (κ2) is 7.95. The van der Waals surface area contributed by atoms with Gasteiger partial charge in [0.15, 0.2) is 0 Å². The van der Waals surface area contributed by atoms with Crippen molar-refractivity contribution in [2.45, 2.75) is 39.8 Å². The van der Waals surface area contributed by atoms with Gasteiger partial charge in [0.2, 0.25) is 0 Å². The highest BCUT2D eigenvalue weighted by molar-refractivity contribution is 5.71. The maximum atomic E-state index is 11.5. The van der Waals surface area contributed by atoms with Gasteiger partial charge in [-0.1, -0.05) is 44.2 Å². The molecule has 3 nitrogen and oxygen atoms in total. The van der Waals surface area contributed by atoms with Crippen LogP contribution in [0.15, 0.2) is 30.3 Å². The number of ether oxygens (including phenoxy) is 1. The van der Waals surface area contributed by atoms with E-state index in [0.29, 0.717) is 6.04 Å². The molecule has 0 amide bonds. The Labute approximate surface area is 116 Å². The van der Waals surface area contributed by atoms with Gasteiger partial charge in [-0.3, -0.25) is 9.69 Å². The van der Waals surface area contributed by atoms with Crippen molar-refractivity contribution in [2.24, 2.45) is 5.92 Å². The number of benzene rings is 1. The zero-order valence-corrected chi connectivity index (χ0v) is 12.4. The molecular formula is C16H25NO2. The standard InChI is InChI=1S/C16H25NO2/c1-5-17(12-15-9-7-6-8-10-15)14(3)11-13(2)16(18)19-4/h6-10,13-14H,5,11-12H2,1-4H3. The van der Waals surface area contributed by atoms with Crippen molar-refractivity contribution in [3.8, 4) is 0 Å². The van der Waals surface area contributed by atoms with Gasteiger partial charge >= 0.3 is 5.97 Å². The molecule has 0 aliphatic carbocycles. The fourth-order valence-electron chi connectivity index (χ4n) is 2.36. The van der Waals surface area contributed by atoms with Gasteiger partial charge in [-0.15, -0.1) is 0 Å². The lowest BCUT2D eigenvalue weighted by molar-refractivity contribution is -0.145. The fraction of sp³-hybridized carbons (Fsp3) is 0.562. The second-order valence-electron chi connectivity index (χ2n) is 5.06. The topological polar surface area (TPSA) is 29.5 Å². The van der Waals surface area contributed by atoms with Crippen LogP contribution in [0.25, 0.3) is 0 Å². The largest absolute Gasteiger partial charge is 0.469 e. The Hall–Kier alpha value is -1.35.